The minimum atomic E-state index is -0.753. The third kappa shape index (κ3) is 3.82. The van der Waals surface area contributed by atoms with Crippen LogP contribution >= 0.6 is 15.9 Å². The fourth-order valence-corrected chi connectivity index (χ4v) is 2.04. The van der Waals surface area contributed by atoms with Crippen LogP contribution in [0.2, 0.25) is 0 Å². The Kier molecular flexibility index (Phi) is 5.15. The van der Waals surface area contributed by atoms with Gasteiger partial charge in [-0.15, -0.1) is 0 Å². The quantitative estimate of drug-likeness (QED) is 0.909. The molecule has 1 rings (SSSR count). The third-order valence-corrected chi connectivity index (χ3v) is 3.96. The van der Waals surface area contributed by atoms with Crippen molar-refractivity contribution < 1.29 is 9.90 Å². The summed E-state index contributed by atoms with van der Waals surface area (Å²) in [7, 11) is 1.95. The van der Waals surface area contributed by atoms with E-state index >= 15 is 0 Å². The average molecular weight is 300 g/mol. The van der Waals surface area contributed by atoms with Crippen LogP contribution in [-0.2, 0) is 11.3 Å². The minimum absolute atomic E-state index is 0.000365. The first kappa shape index (κ1) is 14.2. The molecule has 0 bridgehead atoms. The number of benzene rings is 1. The molecule has 1 N–H and O–H groups in total. The molecule has 0 aliphatic heterocycles. The Morgan fingerprint density at radius 1 is 1.41 bits per heavy atom. The molecule has 1 aromatic rings. The summed E-state index contributed by atoms with van der Waals surface area (Å²) in [4.78, 5) is 13.0. The Morgan fingerprint density at radius 3 is 2.53 bits per heavy atom. The molecule has 2 atom stereocenters. The zero-order valence-corrected chi connectivity index (χ0v) is 11.9. The van der Waals surface area contributed by atoms with Gasteiger partial charge in [-0.3, -0.25) is 9.69 Å². The van der Waals surface area contributed by atoms with Crippen LogP contribution < -0.4 is 0 Å². The fourth-order valence-electron chi connectivity index (χ4n) is 1.63. The Morgan fingerprint density at radius 2 is 2.00 bits per heavy atom. The standard InChI is InChI=1S/C13H18BrNO2/c1-9(13(16)17)10(2)15(3)8-11-6-4-5-7-12(11)14/h4-7,9-10H,8H2,1-3H3,(H,16,17). The van der Waals surface area contributed by atoms with Crippen molar-refractivity contribution >= 4 is 21.9 Å². The largest absolute Gasteiger partial charge is 0.481 e. The number of carbonyl (C=O) groups is 1. The zero-order chi connectivity index (χ0) is 13.0. The topological polar surface area (TPSA) is 40.5 Å². The van der Waals surface area contributed by atoms with Crippen LogP contribution in [-0.4, -0.2) is 29.1 Å². The summed E-state index contributed by atoms with van der Waals surface area (Å²) in [5.74, 6) is -1.13. The molecule has 17 heavy (non-hydrogen) atoms. The molecule has 4 heteroatoms. The van der Waals surface area contributed by atoms with Gasteiger partial charge in [-0.05, 0) is 25.6 Å². The molecule has 0 saturated heterocycles. The molecule has 1 aromatic carbocycles. The van der Waals surface area contributed by atoms with Gasteiger partial charge in [0.15, 0.2) is 0 Å². The predicted molar refractivity (Wildman–Crippen MR) is 71.9 cm³/mol. The molecular formula is C13H18BrNO2. The lowest BCUT2D eigenvalue weighted by molar-refractivity contribution is -0.143. The first-order chi connectivity index (χ1) is 7.93. The molecule has 0 amide bonds. The second-order valence-electron chi connectivity index (χ2n) is 4.37. The highest BCUT2D eigenvalue weighted by atomic mass is 79.9. The van der Waals surface area contributed by atoms with E-state index in [2.05, 4.69) is 20.8 Å². The molecule has 0 aliphatic rings. The highest BCUT2D eigenvalue weighted by molar-refractivity contribution is 9.10. The van der Waals surface area contributed by atoms with E-state index in [1.807, 2.05) is 38.2 Å². The molecule has 2 unspecified atom stereocenters. The second kappa shape index (κ2) is 6.17. The first-order valence-corrected chi connectivity index (χ1v) is 6.39. The summed E-state index contributed by atoms with van der Waals surface area (Å²) >= 11 is 3.50. The molecule has 0 heterocycles. The monoisotopic (exact) mass is 299 g/mol. The van der Waals surface area contributed by atoms with Gasteiger partial charge in [-0.25, -0.2) is 0 Å². The van der Waals surface area contributed by atoms with E-state index in [9.17, 15) is 4.79 Å². The summed E-state index contributed by atoms with van der Waals surface area (Å²) < 4.78 is 1.06. The van der Waals surface area contributed by atoms with Gasteiger partial charge in [0, 0.05) is 17.1 Å². The number of carboxylic acid groups (broad SMARTS) is 1. The predicted octanol–water partition coefficient (Wildman–Crippen LogP) is 2.99. The fraction of sp³-hybridized carbons (Fsp3) is 0.462. The number of hydrogen-bond donors (Lipinski definition) is 1. The molecule has 0 aromatic heterocycles. The lowest BCUT2D eigenvalue weighted by Crippen LogP contribution is -2.37. The van der Waals surface area contributed by atoms with Crippen molar-refractivity contribution in [1.82, 2.24) is 4.90 Å². The summed E-state index contributed by atoms with van der Waals surface area (Å²) in [6, 6.07) is 7.99. The smallest absolute Gasteiger partial charge is 0.307 e. The lowest BCUT2D eigenvalue weighted by atomic mass is 10.0. The van der Waals surface area contributed by atoms with Crippen LogP contribution in [0.4, 0.5) is 0 Å². The van der Waals surface area contributed by atoms with Gasteiger partial charge in [-0.2, -0.15) is 0 Å². The Balaban J connectivity index is 2.69. The van der Waals surface area contributed by atoms with Crippen LogP contribution in [0.25, 0.3) is 0 Å². The molecule has 0 fully saturated rings. The van der Waals surface area contributed by atoms with Crippen LogP contribution in [0, 0.1) is 5.92 Å². The minimum Gasteiger partial charge on any atom is -0.481 e. The van der Waals surface area contributed by atoms with Crippen molar-refractivity contribution in [3.63, 3.8) is 0 Å². The van der Waals surface area contributed by atoms with E-state index in [1.165, 1.54) is 5.56 Å². The van der Waals surface area contributed by atoms with E-state index in [0.29, 0.717) is 0 Å². The SMILES string of the molecule is CC(C(=O)O)C(C)N(C)Cc1ccccc1Br. The van der Waals surface area contributed by atoms with Gasteiger partial charge in [0.05, 0.1) is 5.92 Å². The number of nitrogens with zero attached hydrogens (tertiary/aromatic N) is 1. The van der Waals surface area contributed by atoms with Gasteiger partial charge >= 0.3 is 5.97 Å². The number of rotatable bonds is 5. The van der Waals surface area contributed by atoms with Crippen molar-refractivity contribution in [2.24, 2.45) is 5.92 Å². The molecule has 0 saturated carbocycles. The van der Waals surface area contributed by atoms with E-state index in [1.54, 1.807) is 6.92 Å². The third-order valence-electron chi connectivity index (χ3n) is 3.19. The summed E-state index contributed by atoms with van der Waals surface area (Å²) in [6.07, 6.45) is 0. The van der Waals surface area contributed by atoms with Crippen molar-refractivity contribution in [1.29, 1.82) is 0 Å². The maximum absolute atomic E-state index is 10.9. The number of halogens is 1. The van der Waals surface area contributed by atoms with Crippen LogP contribution in [0.1, 0.15) is 19.4 Å². The summed E-state index contributed by atoms with van der Waals surface area (Å²) in [5, 5.41) is 8.99. The van der Waals surface area contributed by atoms with E-state index < -0.39 is 5.97 Å². The Bertz CT molecular complexity index is 395. The van der Waals surface area contributed by atoms with Crippen LogP contribution in [0.5, 0.6) is 0 Å². The van der Waals surface area contributed by atoms with Crippen molar-refractivity contribution in [3.8, 4) is 0 Å². The molecule has 3 nitrogen and oxygen atoms in total. The maximum Gasteiger partial charge on any atom is 0.307 e. The number of carboxylic acids is 1. The Labute approximate surface area is 111 Å². The van der Waals surface area contributed by atoms with Gasteiger partial charge in [0.2, 0.25) is 0 Å². The highest BCUT2D eigenvalue weighted by Crippen LogP contribution is 2.19. The van der Waals surface area contributed by atoms with Crippen LogP contribution in [0.3, 0.4) is 0 Å². The summed E-state index contributed by atoms with van der Waals surface area (Å²) in [6.45, 7) is 4.42. The average Bonchev–Trinajstić information content (AvgIpc) is 2.30. The van der Waals surface area contributed by atoms with E-state index in [-0.39, 0.29) is 12.0 Å². The van der Waals surface area contributed by atoms with Crippen molar-refractivity contribution in [3.05, 3.63) is 34.3 Å². The normalized spacial score (nSPS) is 14.6. The van der Waals surface area contributed by atoms with Crippen LogP contribution in [0.15, 0.2) is 28.7 Å². The number of hydrogen-bond acceptors (Lipinski definition) is 2. The van der Waals surface area contributed by atoms with Crippen molar-refractivity contribution in [2.75, 3.05) is 7.05 Å². The van der Waals surface area contributed by atoms with Gasteiger partial charge in [0.1, 0.15) is 0 Å². The maximum atomic E-state index is 10.9. The van der Waals surface area contributed by atoms with Gasteiger partial charge in [0.25, 0.3) is 0 Å². The first-order valence-electron chi connectivity index (χ1n) is 5.60. The van der Waals surface area contributed by atoms with E-state index in [0.717, 1.165) is 11.0 Å². The van der Waals surface area contributed by atoms with Crippen molar-refractivity contribution in [2.45, 2.75) is 26.4 Å². The summed E-state index contributed by atoms with van der Waals surface area (Å²) in [5.41, 5.74) is 1.17. The molecular weight excluding hydrogens is 282 g/mol. The van der Waals surface area contributed by atoms with Gasteiger partial charge in [-0.1, -0.05) is 41.1 Å². The van der Waals surface area contributed by atoms with E-state index in [4.69, 9.17) is 5.11 Å². The molecule has 0 aliphatic carbocycles. The number of aliphatic carboxylic acids is 1. The molecule has 0 radical (unpaired) electrons. The second-order valence-corrected chi connectivity index (χ2v) is 5.23. The highest BCUT2D eigenvalue weighted by Gasteiger charge is 2.23. The van der Waals surface area contributed by atoms with Gasteiger partial charge < -0.3 is 5.11 Å². The molecule has 94 valence electrons. The zero-order valence-electron chi connectivity index (χ0n) is 10.4. The lowest BCUT2D eigenvalue weighted by Gasteiger charge is -2.28. The molecule has 0 spiro atoms. The Hall–Kier alpha value is -0.870.